The lowest BCUT2D eigenvalue weighted by atomic mass is 9.97. The van der Waals surface area contributed by atoms with Gasteiger partial charge in [-0.25, -0.2) is 15.0 Å². The summed E-state index contributed by atoms with van der Waals surface area (Å²) in [5, 5.41) is 2.67. The van der Waals surface area contributed by atoms with E-state index in [-0.39, 0.29) is 0 Å². The minimum atomic E-state index is 0.396. The van der Waals surface area contributed by atoms with Crippen LogP contribution in [0, 0.1) is 5.92 Å². The molecule has 142 valence electrons. The Morgan fingerprint density at radius 2 is 2.07 bits per heavy atom. The van der Waals surface area contributed by atoms with Gasteiger partial charge in [0.15, 0.2) is 0 Å². The number of hydrogen-bond donors (Lipinski definition) is 1. The van der Waals surface area contributed by atoms with Gasteiger partial charge in [-0.2, -0.15) is 0 Å². The molecule has 5 rings (SSSR count). The number of aromatic nitrogens is 4. The number of hydrogen-bond acceptors (Lipinski definition) is 4. The smallest absolute Gasteiger partial charge is 0.143 e. The van der Waals surface area contributed by atoms with Gasteiger partial charge < -0.3 is 10.3 Å². The van der Waals surface area contributed by atoms with E-state index >= 15 is 0 Å². The monoisotopic (exact) mass is 391 g/mol. The topological polar surface area (TPSA) is 69.6 Å². The largest absolute Gasteiger partial charge is 0.382 e. The zero-order chi connectivity index (χ0) is 19.1. The van der Waals surface area contributed by atoms with Crippen LogP contribution in [0.5, 0.6) is 0 Å². The van der Waals surface area contributed by atoms with E-state index in [9.17, 15) is 0 Å². The molecule has 1 aliphatic rings. The fourth-order valence-electron chi connectivity index (χ4n) is 4.48. The Morgan fingerprint density at radius 3 is 3.00 bits per heavy atom. The Bertz CT molecular complexity index is 1150. The van der Waals surface area contributed by atoms with Crippen molar-refractivity contribution in [1.82, 2.24) is 19.5 Å². The average molecular weight is 392 g/mol. The van der Waals surface area contributed by atoms with Crippen molar-refractivity contribution in [3.63, 3.8) is 0 Å². The molecule has 2 atom stereocenters. The van der Waals surface area contributed by atoms with E-state index in [2.05, 4.69) is 50.0 Å². The number of halogens is 1. The molecule has 0 bridgehead atoms. The highest BCUT2D eigenvalue weighted by molar-refractivity contribution is 6.33. The molecule has 4 aromatic rings. The Hall–Kier alpha value is -2.66. The third-order valence-electron chi connectivity index (χ3n) is 5.99. The van der Waals surface area contributed by atoms with Crippen LogP contribution in [0.4, 0.5) is 5.82 Å². The predicted molar refractivity (Wildman–Crippen MR) is 113 cm³/mol. The van der Waals surface area contributed by atoms with Gasteiger partial charge >= 0.3 is 0 Å². The van der Waals surface area contributed by atoms with Crippen LogP contribution in [0.25, 0.3) is 21.9 Å². The molecule has 0 spiro atoms. The first-order chi connectivity index (χ1) is 13.7. The second-order valence-corrected chi connectivity index (χ2v) is 8.19. The first-order valence-corrected chi connectivity index (χ1v) is 10.2. The quantitative estimate of drug-likeness (QED) is 0.519. The number of anilines is 1. The van der Waals surface area contributed by atoms with Gasteiger partial charge in [-0.1, -0.05) is 23.7 Å². The number of fused-ring (bicyclic) bond motifs is 2. The van der Waals surface area contributed by atoms with Gasteiger partial charge in [0.25, 0.3) is 0 Å². The van der Waals surface area contributed by atoms with E-state index in [4.69, 9.17) is 17.3 Å². The highest BCUT2D eigenvalue weighted by atomic mass is 35.5. The molecule has 3 heterocycles. The molecule has 0 aliphatic heterocycles. The van der Waals surface area contributed by atoms with Crippen molar-refractivity contribution in [2.24, 2.45) is 5.92 Å². The van der Waals surface area contributed by atoms with Crippen molar-refractivity contribution in [3.05, 3.63) is 59.6 Å². The lowest BCUT2D eigenvalue weighted by molar-refractivity contribution is 0.461. The van der Waals surface area contributed by atoms with Gasteiger partial charge in [-0.15, -0.1) is 0 Å². The lowest BCUT2D eigenvalue weighted by Gasteiger charge is -2.14. The zero-order valence-corrected chi connectivity index (χ0v) is 16.3. The molecule has 1 aliphatic carbocycles. The first-order valence-electron chi connectivity index (χ1n) is 9.78. The highest BCUT2D eigenvalue weighted by Gasteiger charge is 2.26. The van der Waals surface area contributed by atoms with E-state index in [0.29, 0.717) is 16.9 Å². The molecule has 2 unspecified atom stereocenters. The van der Waals surface area contributed by atoms with E-state index in [0.717, 1.165) is 34.3 Å². The number of nitrogens with two attached hydrogens (primary N) is 1. The van der Waals surface area contributed by atoms with Crippen molar-refractivity contribution in [1.29, 1.82) is 0 Å². The molecule has 1 saturated carbocycles. The summed E-state index contributed by atoms with van der Waals surface area (Å²) in [5.74, 6) is 1.14. The molecule has 0 saturated heterocycles. The third kappa shape index (κ3) is 3.20. The van der Waals surface area contributed by atoms with Gasteiger partial charge in [-0.05, 0) is 61.8 Å². The molecule has 5 nitrogen and oxygen atoms in total. The molecule has 1 aromatic carbocycles. The second-order valence-electron chi connectivity index (χ2n) is 7.78. The van der Waals surface area contributed by atoms with Crippen LogP contribution < -0.4 is 5.73 Å². The molecular weight excluding hydrogens is 370 g/mol. The normalized spacial score (nSPS) is 19.6. The number of nitrogen functional groups attached to an aromatic ring is 1. The maximum absolute atomic E-state index is 6.07. The van der Waals surface area contributed by atoms with E-state index in [1.54, 1.807) is 6.33 Å². The van der Waals surface area contributed by atoms with Crippen LogP contribution in [0.2, 0.25) is 5.02 Å². The summed E-state index contributed by atoms with van der Waals surface area (Å²) >= 11 is 6.07. The van der Waals surface area contributed by atoms with Crippen molar-refractivity contribution in [3.8, 4) is 0 Å². The number of pyridine rings is 1. The van der Waals surface area contributed by atoms with Crippen LogP contribution in [0.1, 0.15) is 37.3 Å². The summed E-state index contributed by atoms with van der Waals surface area (Å²) in [6.45, 7) is 0. The molecule has 0 amide bonds. The lowest BCUT2D eigenvalue weighted by Crippen LogP contribution is -2.05. The number of rotatable bonds is 4. The summed E-state index contributed by atoms with van der Waals surface area (Å²) in [7, 11) is 0. The van der Waals surface area contributed by atoms with Crippen LogP contribution in [-0.4, -0.2) is 19.5 Å². The standard InChI is InChI=1S/C22H22ClN5/c23-19-11-16-5-3-15(10-20(16)27-21(19)24)2-1-14-4-6-18(9-14)28-8-7-17-12-25-13-26-22(17)28/h3,5,7-8,10-14,18H,1-2,4,6,9H2,(H2,24,27). The van der Waals surface area contributed by atoms with Gasteiger partial charge in [-0.3, -0.25) is 0 Å². The predicted octanol–water partition coefficient (Wildman–Crippen LogP) is 5.19. The van der Waals surface area contributed by atoms with Gasteiger partial charge in [0.2, 0.25) is 0 Å². The Morgan fingerprint density at radius 1 is 1.14 bits per heavy atom. The van der Waals surface area contributed by atoms with Gasteiger partial charge in [0.05, 0.1) is 10.5 Å². The number of nitrogens with zero attached hydrogens (tertiary/aromatic N) is 4. The van der Waals surface area contributed by atoms with Crippen molar-refractivity contribution < 1.29 is 0 Å². The van der Waals surface area contributed by atoms with Crippen molar-refractivity contribution in [2.45, 2.75) is 38.1 Å². The van der Waals surface area contributed by atoms with Crippen LogP contribution >= 0.6 is 11.6 Å². The van der Waals surface area contributed by atoms with Crippen LogP contribution in [0.3, 0.4) is 0 Å². The minimum Gasteiger partial charge on any atom is -0.382 e. The van der Waals surface area contributed by atoms with Crippen molar-refractivity contribution >= 4 is 39.4 Å². The van der Waals surface area contributed by atoms with Crippen LogP contribution in [0.15, 0.2) is 49.1 Å². The van der Waals surface area contributed by atoms with Gasteiger partial charge in [0, 0.05) is 29.2 Å². The fourth-order valence-corrected chi connectivity index (χ4v) is 4.64. The number of benzene rings is 1. The van der Waals surface area contributed by atoms with E-state index in [1.165, 1.54) is 31.2 Å². The molecule has 28 heavy (non-hydrogen) atoms. The maximum Gasteiger partial charge on any atom is 0.143 e. The SMILES string of the molecule is Nc1nc2cc(CCC3CCC(n4ccc5cncnc54)C3)ccc2cc1Cl. The summed E-state index contributed by atoms with van der Waals surface area (Å²) in [6.07, 6.45) is 11.6. The second kappa shape index (κ2) is 7.06. The molecule has 0 radical (unpaired) electrons. The minimum absolute atomic E-state index is 0.396. The molecular formula is C22H22ClN5. The first kappa shape index (κ1) is 17.4. The van der Waals surface area contributed by atoms with Gasteiger partial charge in [0.1, 0.15) is 17.8 Å². The fraction of sp³-hybridized carbons (Fsp3) is 0.318. The van der Waals surface area contributed by atoms with E-state index in [1.807, 2.05) is 12.3 Å². The molecule has 3 aromatic heterocycles. The van der Waals surface area contributed by atoms with Crippen molar-refractivity contribution in [2.75, 3.05) is 5.73 Å². The Balaban J connectivity index is 1.26. The van der Waals surface area contributed by atoms with E-state index < -0.39 is 0 Å². The summed E-state index contributed by atoms with van der Waals surface area (Å²) in [5.41, 5.74) is 9.14. The summed E-state index contributed by atoms with van der Waals surface area (Å²) < 4.78 is 2.34. The third-order valence-corrected chi connectivity index (χ3v) is 6.29. The zero-order valence-electron chi connectivity index (χ0n) is 15.6. The summed E-state index contributed by atoms with van der Waals surface area (Å²) in [4.78, 5) is 13.0. The Labute approximate surface area is 168 Å². The average Bonchev–Trinajstić information content (AvgIpc) is 3.34. The highest BCUT2D eigenvalue weighted by Crippen LogP contribution is 2.38. The Kier molecular flexibility index (Phi) is 4.40. The van der Waals surface area contributed by atoms with Crippen LogP contribution in [-0.2, 0) is 6.42 Å². The molecule has 2 N–H and O–H groups in total. The maximum atomic E-state index is 6.07. The number of aryl methyl sites for hydroxylation is 1. The summed E-state index contributed by atoms with van der Waals surface area (Å²) in [6, 6.07) is 11.0. The molecule has 6 heteroatoms. The molecule has 1 fully saturated rings.